The summed E-state index contributed by atoms with van der Waals surface area (Å²) in [6.07, 6.45) is 0. The molecule has 1 heterocycles. The number of halogens is 1. The molecule has 1 aromatic heterocycles. The summed E-state index contributed by atoms with van der Waals surface area (Å²) in [5.41, 5.74) is 3.05. The topological polar surface area (TPSA) is 22.0 Å². The second-order valence-corrected chi connectivity index (χ2v) is 4.67. The number of hydrogen-bond acceptors (Lipinski definition) is 1. The molecular formula is C13H14ClNO. The van der Waals surface area contributed by atoms with Crippen molar-refractivity contribution in [1.82, 2.24) is 4.57 Å². The Labute approximate surface area is 99.8 Å². The maximum absolute atomic E-state index is 12.0. The second kappa shape index (κ2) is 3.95. The van der Waals surface area contributed by atoms with E-state index in [4.69, 9.17) is 11.6 Å². The van der Waals surface area contributed by atoms with E-state index in [1.807, 2.05) is 38.1 Å². The van der Waals surface area contributed by atoms with Crippen molar-refractivity contribution in [2.45, 2.75) is 26.1 Å². The summed E-state index contributed by atoms with van der Waals surface area (Å²) in [6, 6.07) is 7.89. The van der Waals surface area contributed by atoms with Gasteiger partial charge in [-0.3, -0.25) is 9.36 Å². The number of nitrogens with zero attached hydrogens (tertiary/aromatic N) is 1. The van der Waals surface area contributed by atoms with Gasteiger partial charge in [-0.1, -0.05) is 18.2 Å². The van der Waals surface area contributed by atoms with E-state index in [0.29, 0.717) is 0 Å². The lowest BCUT2D eigenvalue weighted by atomic mass is 10.2. The molecule has 0 bridgehead atoms. The molecule has 2 aromatic rings. The molecule has 0 aliphatic heterocycles. The second-order valence-electron chi connectivity index (χ2n) is 4.02. The average molecular weight is 236 g/mol. The lowest BCUT2D eigenvalue weighted by Gasteiger charge is -2.08. The highest BCUT2D eigenvalue weighted by molar-refractivity contribution is 6.31. The van der Waals surface area contributed by atoms with Crippen LogP contribution in [0.1, 0.15) is 23.0 Å². The van der Waals surface area contributed by atoms with E-state index in [1.165, 1.54) is 0 Å². The molecule has 16 heavy (non-hydrogen) atoms. The monoisotopic (exact) mass is 235 g/mol. The van der Waals surface area contributed by atoms with E-state index < -0.39 is 5.38 Å². The van der Waals surface area contributed by atoms with E-state index in [2.05, 4.69) is 0 Å². The summed E-state index contributed by atoms with van der Waals surface area (Å²) < 4.78 is 1.71. The van der Waals surface area contributed by atoms with E-state index in [-0.39, 0.29) is 5.91 Å². The normalized spacial score (nSPS) is 13.0. The summed E-state index contributed by atoms with van der Waals surface area (Å²) in [6.45, 7) is 5.68. The van der Waals surface area contributed by atoms with Gasteiger partial charge in [0.05, 0.1) is 5.52 Å². The molecular weight excluding hydrogens is 222 g/mol. The molecule has 0 spiro atoms. The van der Waals surface area contributed by atoms with Crippen molar-refractivity contribution in [2.24, 2.45) is 0 Å². The van der Waals surface area contributed by atoms with Gasteiger partial charge in [-0.25, -0.2) is 0 Å². The highest BCUT2D eigenvalue weighted by Crippen LogP contribution is 2.25. The smallest absolute Gasteiger partial charge is 0.249 e. The molecule has 2 rings (SSSR count). The van der Waals surface area contributed by atoms with Gasteiger partial charge < -0.3 is 0 Å². The van der Waals surface area contributed by atoms with Gasteiger partial charge in [0.2, 0.25) is 5.91 Å². The minimum atomic E-state index is -0.506. The van der Waals surface area contributed by atoms with Crippen molar-refractivity contribution in [2.75, 3.05) is 0 Å². The number of benzene rings is 1. The molecule has 84 valence electrons. The first-order chi connectivity index (χ1) is 7.54. The molecule has 0 radical (unpaired) electrons. The van der Waals surface area contributed by atoms with Crippen LogP contribution < -0.4 is 0 Å². The van der Waals surface area contributed by atoms with Gasteiger partial charge in [0.1, 0.15) is 5.38 Å². The zero-order chi connectivity index (χ0) is 11.9. The molecule has 0 unspecified atom stereocenters. The van der Waals surface area contributed by atoms with Crippen LogP contribution in [0.4, 0.5) is 0 Å². The molecule has 0 aliphatic carbocycles. The summed E-state index contributed by atoms with van der Waals surface area (Å²) in [7, 11) is 0. The average Bonchev–Trinajstić information content (AvgIpc) is 2.52. The predicted octanol–water partition coefficient (Wildman–Crippen LogP) is 3.53. The number of aryl methyl sites for hydroxylation is 1. The van der Waals surface area contributed by atoms with E-state index in [1.54, 1.807) is 11.5 Å². The molecule has 0 saturated heterocycles. The van der Waals surface area contributed by atoms with Crippen LogP contribution in [0.5, 0.6) is 0 Å². The van der Waals surface area contributed by atoms with Crippen LogP contribution in [-0.2, 0) is 0 Å². The van der Waals surface area contributed by atoms with Crippen molar-refractivity contribution in [1.29, 1.82) is 0 Å². The number of fused-ring (bicyclic) bond motifs is 1. The number of alkyl halides is 1. The highest BCUT2D eigenvalue weighted by Gasteiger charge is 2.18. The lowest BCUT2D eigenvalue weighted by Crippen LogP contribution is -2.20. The summed E-state index contributed by atoms with van der Waals surface area (Å²) in [5.74, 6) is -0.0662. The maximum atomic E-state index is 12.0. The van der Waals surface area contributed by atoms with Crippen LogP contribution in [0, 0.1) is 13.8 Å². The van der Waals surface area contributed by atoms with Crippen molar-refractivity contribution in [3.05, 3.63) is 35.5 Å². The fourth-order valence-corrected chi connectivity index (χ4v) is 2.09. The van der Waals surface area contributed by atoms with Gasteiger partial charge in [0, 0.05) is 11.1 Å². The van der Waals surface area contributed by atoms with Gasteiger partial charge in [-0.15, -0.1) is 11.6 Å². The Bertz CT molecular complexity index is 554. The van der Waals surface area contributed by atoms with Gasteiger partial charge in [0.15, 0.2) is 0 Å². The SMILES string of the molecule is Cc1c(C)n(C(=O)[C@@H](C)Cl)c2ccccc12. The Balaban J connectivity index is 2.79. The summed E-state index contributed by atoms with van der Waals surface area (Å²) in [4.78, 5) is 12.0. The summed E-state index contributed by atoms with van der Waals surface area (Å²) >= 11 is 5.87. The zero-order valence-electron chi connectivity index (χ0n) is 9.62. The number of carbonyl (C=O) groups excluding carboxylic acids is 1. The minimum absolute atomic E-state index is 0.0662. The Morgan fingerprint density at radius 3 is 2.56 bits per heavy atom. The Hall–Kier alpha value is -1.28. The fraction of sp³-hybridized carbons (Fsp3) is 0.308. The first-order valence-electron chi connectivity index (χ1n) is 5.29. The zero-order valence-corrected chi connectivity index (χ0v) is 10.4. The van der Waals surface area contributed by atoms with Gasteiger partial charge in [-0.2, -0.15) is 0 Å². The number of rotatable bonds is 1. The van der Waals surface area contributed by atoms with Crippen LogP contribution >= 0.6 is 11.6 Å². The Morgan fingerprint density at radius 1 is 1.31 bits per heavy atom. The molecule has 0 aliphatic rings. The van der Waals surface area contributed by atoms with Crippen LogP contribution in [0.25, 0.3) is 10.9 Å². The molecule has 0 fully saturated rings. The van der Waals surface area contributed by atoms with Crippen LogP contribution in [0.15, 0.2) is 24.3 Å². The van der Waals surface area contributed by atoms with Crippen molar-refractivity contribution >= 4 is 28.4 Å². The largest absolute Gasteiger partial charge is 0.283 e. The molecule has 0 N–H and O–H groups in total. The number of para-hydroxylation sites is 1. The van der Waals surface area contributed by atoms with Gasteiger partial charge in [-0.05, 0) is 32.4 Å². The standard InChI is InChI=1S/C13H14ClNO/c1-8-10(3)15(13(16)9(2)14)12-7-5-4-6-11(8)12/h4-7,9H,1-3H3/t9-/m1/s1. The van der Waals surface area contributed by atoms with Gasteiger partial charge >= 0.3 is 0 Å². The Morgan fingerprint density at radius 2 is 1.94 bits per heavy atom. The molecule has 0 amide bonds. The first kappa shape index (κ1) is 11.2. The Kier molecular flexibility index (Phi) is 2.76. The number of carbonyl (C=O) groups is 1. The molecule has 1 atom stereocenters. The molecule has 0 saturated carbocycles. The van der Waals surface area contributed by atoms with Crippen LogP contribution in [0.2, 0.25) is 0 Å². The summed E-state index contributed by atoms with van der Waals surface area (Å²) in [5, 5.41) is 0.611. The quantitative estimate of drug-likeness (QED) is 0.694. The van der Waals surface area contributed by atoms with E-state index >= 15 is 0 Å². The lowest BCUT2D eigenvalue weighted by molar-refractivity contribution is 0.0916. The maximum Gasteiger partial charge on any atom is 0.249 e. The number of aromatic nitrogens is 1. The van der Waals surface area contributed by atoms with Crippen molar-refractivity contribution in [3.8, 4) is 0 Å². The van der Waals surface area contributed by atoms with Crippen LogP contribution in [-0.4, -0.2) is 15.9 Å². The molecule has 3 heteroatoms. The van der Waals surface area contributed by atoms with E-state index in [9.17, 15) is 4.79 Å². The van der Waals surface area contributed by atoms with Crippen LogP contribution in [0.3, 0.4) is 0 Å². The predicted molar refractivity (Wildman–Crippen MR) is 67.4 cm³/mol. The highest BCUT2D eigenvalue weighted by atomic mass is 35.5. The van der Waals surface area contributed by atoms with Crippen molar-refractivity contribution < 1.29 is 4.79 Å². The number of hydrogen-bond donors (Lipinski definition) is 0. The first-order valence-corrected chi connectivity index (χ1v) is 5.72. The molecule has 1 aromatic carbocycles. The van der Waals surface area contributed by atoms with E-state index in [0.717, 1.165) is 22.2 Å². The third kappa shape index (κ3) is 1.54. The fourth-order valence-electron chi connectivity index (χ4n) is 1.99. The third-order valence-electron chi connectivity index (χ3n) is 2.99. The third-order valence-corrected chi connectivity index (χ3v) is 3.17. The molecule has 2 nitrogen and oxygen atoms in total. The van der Waals surface area contributed by atoms with Gasteiger partial charge in [0.25, 0.3) is 0 Å². The van der Waals surface area contributed by atoms with Crippen molar-refractivity contribution in [3.63, 3.8) is 0 Å². The minimum Gasteiger partial charge on any atom is -0.283 e.